The van der Waals surface area contributed by atoms with Crippen molar-refractivity contribution in [3.05, 3.63) is 180 Å². The number of benzene rings is 4. The summed E-state index contributed by atoms with van der Waals surface area (Å²) in [6, 6.07) is 39.7. The van der Waals surface area contributed by atoms with Crippen molar-refractivity contribution in [3.63, 3.8) is 0 Å². The van der Waals surface area contributed by atoms with Crippen molar-refractivity contribution >= 4 is 11.8 Å². The van der Waals surface area contributed by atoms with E-state index in [1.807, 2.05) is 86.6 Å². The zero-order valence-corrected chi connectivity index (χ0v) is 42.9. The fraction of sp³-hybridized carbons (Fsp3) is 0.300. The monoisotopic (exact) mass is 992 g/mol. The van der Waals surface area contributed by atoms with E-state index in [2.05, 4.69) is 86.2 Å². The normalized spacial score (nSPS) is 14.1. The molecular formula is C60H64N8O6. The number of ether oxygens (including phenoxy) is 2. The molecule has 0 aliphatic carbocycles. The molecule has 2 aliphatic heterocycles. The average molecular weight is 993 g/mol. The Morgan fingerprint density at radius 1 is 0.459 bits per heavy atom. The number of amides is 2. The average Bonchev–Trinajstić information content (AvgIpc) is 4.04. The van der Waals surface area contributed by atoms with E-state index in [4.69, 9.17) is 19.7 Å². The van der Waals surface area contributed by atoms with Gasteiger partial charge in [0.25, 0.3) is 11.8 Å². The standard InChI is InChI=1S/2C30H32N4O3/c2*1-20(2)23-6-4-22(5-7-23)19-37-26-10-8-24(9-11-26)27-28(25-12-14-31-15-13-25)32-34-17-16-33(21(3)18-35)30(36)29(27)34/h2*4-15,20-21,35H,16-19H2,1-3H3. The smallest absolute Gasteiger partial charge is 0.273 e. The van der Waals surface area contributed by atoms with Gasteiger partial charge in [0.2, 0.25) is 0 Å². The summed E-state index contributed by atoms with van der Waals surface area (Å²) < 4.78 is 15.7. The summed E-state index contributed by atoms with van der Waals surface area (Å²) in [5, 5.41) is 29.0. The summed E-state index contributed by atoms with van der Waals surface area (Å²) in [6.45, 7) is 15.4. The Bertz CT molecular complexity index is 2940. The molecule has 0 radical (unpaired) electrons. The molecule has 0 saturated heterocycles. The van der Waals surface area contributed by atoms with Crippen LogP contribution in [0.5, 0.6) is 11.5 Å². The summed E-state index contributed by atoms with van der Waals surface area (Å²) in [5.41, 5.74) is 12.5. The highest BCUT2D eigenvalue weighted by atomic mass is 16.5. The third-order valence-electron chi connectivity index (χ3n) is 13.8. The Labute approximate surface area is 432 Å². The first kappa shape index (κ1) is 51.0. The van der Waals surface area contributed by atoms with Crippen LogP contribution in [0.4, 0.5) is 0 Å². The van der Waals surface area contributed by atoms with Gasteiger partial charge < -0.3 is 29.5 Å². The number of aliphatic hydroxyl groups is 2. The van der Waals surface area contributed by atoms with Gasteiger partial charge in [-0.15, -0.1) is 0 Å². The van der Waals surface area contributed by atoms with Gasteiger partial charge in [-0.25, -0.2) is 0 Å². The molecule has 2 N–H and O–H groups in total. The molecule has 0 saturated carbocycles. The second kappa shape index (κ2) is 22.9. The van der Waals surface area contributed by atoms with E-state index in [1.165, 1.54) is 11.1 Å². The lowest BCUT2D eigenvalue weighted by Crippen LogP contribution is -2.47. The van der Waals surface area contributed by atoms with E-state index in [9.17, 15) is 19.8 Å². The van der Waals surface area contributed by atoms with Crippen molar-refractivity contribution in [3.8, 4) is 56.3 Å². The van der Waals surface area contributed by atoms with Gasteiger partial charge in [0.05, 0.1) is 38.4 Å². The van der Waals surface area contributed by atoms with E-state index in [1.54, 1.807) is 44.0 Å². The largest absolute Gasteiger partial charge is 0.489 e. The van der Waals surface area contributed by atoms with Crippen LogP contribution in [0.3, 0.4) is 0 Å². The predicted octanol–water partition coefficient (Wildman–Crippen LogP) is 10.3. The Morgan fingerprint density at radius 2 is 0.811 bits per heavy atom. The molecule has 0 spiro atoms. The van der Waals surface area contributed by atoms with Crippen LogP contribution in [0, 0.1) is 0 Å². The second-order valence-corrected chi connectivity index (χ2v) is 19.5. The highest BCUT2D eigenvalue weighted by Crippen LogP contribution is 2.39. The van der Waals surface area contributed by atoms with Crippen molar-refractivity contribution < 1.29 is 29.3 Å². The molecule has 0 bridgehead atoms. The SMILES string of the molecule is CC(C)c1ccc(COc2ccc(-c3c(-c4ccncc4)nn4c3C(=O)N(C(C)CO)CC4)cc2)cc1.CC(C)c1ccc(COc2ccc(-c3c(-c4ccncc4)nn4c3C(=O)N(C(C)CO)CC4)cc2)cc1. The van der Waals surface area contributed by atoms with E-state index >= 15 is 0 Å². The maximum atomic E-state index is 13.6. The number of rotatable bonds is 16. The van der Waals surface area contributed by atoms with Crippen LogP contribution >= 0.6 is 0 Å². The molecule has 0 fully saturated rings. The summed E-state index contributed by atoms with van der Waals surface area (Å²) in [7, 11) is 0. The first-order valence-corrected chi connectivity index (χ1v) is 25.4. The number of hydrogen-bond donors (Lipinski definition) is 2. The molecule has 2 unspecified atom stereocenters. The Morgan fingerprint density at radius 3 is 1.14 bits per heavy atom. The van der Waals surface area contributed by atoms with Crippen LogP contribution in [0.25, 0.3) is 44.8 Å². The van der Waals surface area contributed by atoms with Crippen molar-refractivity contribution in [1.82, 2.24) is 39.3 Å². The lowest BCUT2D eigenvalue weighted by atomic mass is 9.98. The van der Waals surface area contributed by atoms with Crippen LogP contribution in [0.2, 0.25) is 0 Å². The molecular weight excluding hydrogens is 929 g/mol. The minimum Gasteiger partial charge on any atom is -0.489 e. The highest BCUT2D eigenvalue weighted by molar-refractivity contribution is 6.04. The molecule has 14 heteroatoms. The minimum atomic E-state index is -0.265. The molecule has 8 aromatic rings. The van der Waals surface area contributed by atoms with Gasteiger partial charge >= 0.3 is 0 Å². The van der Waals surface area contributed by atoms with E-state index in [-0.39, 0.29) is 37.1 Å². The number of hydrogen-bond acceptors (Lipinski definition) is 10. The maximum absolute atomic E-state index is 13.6. The molecule has 10 rings (SSSR count). The van der Waals surface area contributed by atoms with Crippen molar-refractivity contribution in [1.29, 1.82) is 0 Å². The number of nitrogens with zero attached hydrogens (tertiary/aromatic N) is 8. The lowest BCUT2D eigenvalue weighted by Gasteiger charge is -2.32. The highest BCUT2D eigenvalue weighted by Gasteiger charge is 2.36. The number of aliphatic hydroxyl groups excluding tert-OH is 2. The predicted molar refractivity (Wildman–Crippen MR) is 287 cm³/mol. The van der Waals surface area contributed by atoms with Gasteiger partial charge in [-0.05, 0) is 108 Å². The van der Waals surface area contributed by atoms with Crippen LogP contribution in [-0.4, -0.2) is 99.7 Å². The molecule has 2 atom stereocenters. The molecule has 2 aliphatic rings. The first-order valence-electron chi connectivity index (χ1n) is 25.4. The molecule has 14 nitrogen and oxygen atoms in total. The van der Waals surface area contributed by atoms with E-state index < -0.39 is 0 Å². The van der Waals surface area contributed by atoms with E-state index in [0.717, 1.165) is 67.4 Å². The van der Waals surface area contributed by atoms with Gasteiger partial charge in [-0.3, -0.25) is 28.9 Å². The number of carbonyl (C=O) groups is 2. The summed E-state index contributed by atoms with van der Waals surface area (Å²) in [6.07, 6.45) is 6.90. The molecule has 4 aromatic carbocycles. The van der Waals surface area contributed by atoms with Crippen LogP contribution < -0.4 is 9.47 Å². The zero-order chi connectivity index (χ0) is 51.9. The molecule has 4 aromatic heterocycles. The third kappa shape index (κ3) is 11.0. The van der Waals surface area contributed by atoms with Crippen LogP contribution in [-0.2, 0) is 26.3 Å². The maximum Gasteiger partial charge on any atom is 0.273 e. The van der Waals surface area contributed by atoms with Crippen molar-refractivity contribution in [2.75, 3.05) is 26.3 Å². The lowest BCUT2D eigenvalue weighted by molar-refractivity contribution is 0.0543. The zero-order valence-electron chi connectivity index (χ0n) is 42.9. The van der Waals surface area contributed by atoms with Gasteiger partial charge in [0.15, 0.2) is 0 Å². The van der Waals surface area contributed by atoms with Gasteiger partial charge in [0.1, 0.15) is 47.5 Å². The number of pyridine rings is 2. The summed E-state index contributed by atoms with van der Waals surface area (Å²) >= 11 is 0. The molecule has 2 amide bonds. The Balaban J connectivity index is 0.000000182. The number of carbonyl (C=O) groups excluding carboxylic acids is 2. The van der Waals surface area contributed by atoms with Crippen LogP contribution in [0.1, 0.15) is 96.6 Å². The van der Waals surface area contributed by atoms with Crippen LogP contribution in [0.15, 0.2) is 146 Å². The topological polar surface area (TPSA) is 161 Å². The van der Waals surface area contributed by atoms with Gasteiger partial charge in [-0.1, -0.05) is 100 Å². The quantitative estimate of drug-likeness (QED) is 0.0954. The fourth-order valence-corrected chi connectivity index (χ4v) is 9.34. The first-order chi connectivity index (χ1) is 35.9. The Hall–Kier alpha value is -7.94. The van der Waals surface area contributed by atoms with Gasteiger partial charge in [0, 0.05) is 60.1 Å². The Kier molecular flexibility index (Phi) is 15.8. The molecule has 6 heterocycles. The minimum absolute atomic E-state index is 0.0847. The second-order valence-electron chi connectivity index (χ2n) is 19.5. The summed E-state index contributed by atoms with van der Waals surface area (Å²) in [5.74, 6) is 2.26. The van der Waals surface area contributed by atoms with E-state index in [0.29, 0.717) is 62.6 Å². The molecule has 74 heavy (non-hydrogen) atoms. The fourth-order valence-electron chi connectivity index (χ4n) is 9.34. The summed E-state index contributed by atoms with van der Waals surface area (Å²) in [4.78, 5) is 38.8. The van der Waals surface area contributed by atoms with Gasteiger partial charge in [-0.2, -0.15) is 10.2 Å². The number of fused-ring (bicyclic) bond motifs is 2. The molecule has 380 valence electrons. The van der Waals surface area contributed by atoms with Crippen molar-refractivity contribution in [2.24, 2.45) is 0 Å². The third-order valence-corrected chi connectivity index (χ3v) is 13.8. The van der Waals surface area contributed by atoms with Crippen molar-refractivity contribution in [2.45, 2.75) is 91.8 Å². The number of aromatic nitrogens is 6.